The highest BCUT2D eigenvalue weighted by Crippen LogP contribution is 1.87. The molecule has 0 spiro atoms. The number of rotatable bonds is 1. The van der Waals surface area contributed by atoms with E-state index in [1.54, 1.807) is 6.92 Å². The molecule has 3 heteroatoms. The molecule has 0 fully saturated rings. The largest absolute Gasteiger partial charge is 0.466 e. The number of esters is 1. The average molecular weight is 126 g/mol. The molecule has 8 heavy (non-hydrogen) atoms. The van der Waals surface area contributed by atoms with Gasteiger partial charge in [0.1, 0.15) is 0 Å². The Morgan fingerprint density at radius 2 is 2.00 bits per heavy atom. The summed E-state index contributed by atoms with van der Waals surface area (Å²) in [6, 6.07) is 0. The molecule has 0 aliphatic rings. The number of carbonyl (C=O) groups is 1. The van der Waals surface area contributed by atoms with Crippen LogP contribution in [0.3, 0.4) is 0 Å². The summed E-state index contributed by atoms with van der Waals surface area (Å²) in [6.07, 6.45) is 0. The molecule has 0 N–H and O–H groups in total. The van der Waals surface area contributed by atoms with Gasteiger partial charge in [-0.05, 0) is 6.92 Å². The van der Waals surface area contributed by atoms with Gasteiger partial charge in [0.15, 0.2) is 0 Å². The van der Waals surface area contributed by atoms with E-state index in [2.05, 4.69) is 11.3 Å². The maximum atomic E-state index is 10.2. The maximum absolute atomic E-state index is 10.2. The molecule has 0 atom stereocenters. The standard InChI is InChI=1S/C5H8O2.Mg.2H/c1-4(2)5(6)7-3;;;/h1H2,2-3H3;;;. The van der Waals surface area contributed by atoms with Crippen molar-refractivity contribution in [3.63, 3.8) is 0 Å². The molecule has 0 rings (SSSR count). The molecule has 0 unspecified atom stereocenters. The van der Waals surface area contributed by atoms with E-state index in [1.807, 2.05) is 0 Å². The fourth-order valence-corrected chi connectivity index (χ4v) is 0.174. The minimum atomic E-state index is -0.347. The number of ether oxygens (including phenoxy) is 1. The second-order valence-electron chi connectivity index (χ2n) is 1.27. The summed E-state index contributed by atoms with van der Waals surface area (Å²) in [4.78, 5) is 10.2. The molecule has 44 valence electrons. The van der Waals surface area contributed by atoms with Gasteiger partial charge in [-0.15, -0.1) is 0 Å². The van der Waals surface area contributed by atoms with Crippen molar-refractivity contribution in [2.24, 2.45) is 0 Å². The van der Waals surface area contributed by atoms with Gasteiger partial charge < -0.3 is 4.74 Å². The molecule has 0 aromatic rings. The zero-order valence-electron chi connectivity index (χ0n) is 4.52. The maximum Gasteiger partial charge on any atom is 0.332 e. The molecule has 0 aliphatic carbocycles. The van der Waals surface area contributed by atoms with E-state index < -0.39 is 0 Å². The Labute approximate surface area is 65.1 Å². The molecule has 0 saturated heterocycles. The van der Waals surface area contributed by atoms with Crippen LogP contribution in [0.15, 0.2) is 12.2 Å². The van der Waals surface area contributed by atoms with E-state index in [0.29, 0.717) is 5.57 Å². The predicted molar refractivity (Wildman–Crippen MR) is 35.4 cm³/mol. The van der Waals surface area contributed by atoms with Gasteiger partial charge in [0.05, 0.1) is 7.11 Å². The summed E-state index contributed by atoms with van der Waals surface area (Å²) in [6.45, 7) is 4.95. The lowest BCUT2D eigenvalue weighted by Crippen LogP contribution is -1.98. The minimum absolute atomic E-state index is 0. The van der Waals surface area contributed by atoms with Gasteiger partial charge in [-0.2, -0.15) is 0 Å². The van der Waals surface area contributed by atoms with Crippen molar-refractivity contribution in [1.82, 2.24) is 0 Å². The topological polar surface area (TPSA) is 26.3 Å². The summed E-state index contributed by atoms with van der Waals surface area (Å²) in [5, 5.41) is 0. The van der Waals surface area contributed by atoms with Gasteiger partial charge in [-0.25, -0.2) is 4.79 Å². The highest BCUT2D eigenvalue weighted by atomic mass is 24.3. The van der Waals surface area contributed by atoms with Crippen LogP contribution in [-0.4, -0.2) is 36.1 Å². The zero-order valence-corrected chi connectivity index (χ0v) is 4.52. The molecule has 0 aliphatic heterocycles. The third kappa shape index (κ3) is 4.14. The minimum Gasteiger partial charge on any atom is -0.466 e. The van der Waals surface area contributed by atoms with Crippen LogP contribution in [0.25, 0.3) is 0 Å². The first-order chi connectivity index (χ1) is 3.18. The number of hydrogen-bond donors (Lipinski definition) is 0. The van der Waals surface area contributed by atoms with Gasteiger partial charge in [0, 0.05) is 5.57 Å². The van der Waals surface area contributed by atoms with E-state index in [0.717, 1.165) is 0 Å². The zero-order chi connectivity index (χ0) is 5.86. The summed E-state index contributed by atoms with van der Waals surface area (Å²) in [5.41, 5.74) is 0.433. The molecular weight excluding hydrogens is 116 g/mol. The number of methoxy groups -OCH3 is 1. The third-order valence-corrected chi connectivity index (χ3v) is 0.534. The van der Waals surface area contributed by atoms with Crippen LogP contribution >= 0.6 is 0 Å². The second-order valence-corrected chi connectivity index (χ2v) is 1.27. The summed E-state index contributed by atoms with van der Waals surface area (Å²) >= 11 is 0. The smallest absolute Gasteiger partial charge is 0.332 e. The molecule has 0 aromatic heterocycles. The Morgan fingerprint density at radius 1 is 1.62 bits per heavy atom. The van der Waals surface area contributed by atoms with E-state index >= 15 is 0 Å². The van der Waals surface area contributed by atoms with Crippen molar-refractivity contribution in [2.75, 3.05) is 7.11 Å². The van der Waals surface area contributed by atoms with E-state index in [1.165, 1.54) is 7.11 Å². The van der Waals surface area contributed by atoms with Crippen molar-refractivity contribution in [3.8, 4) is 0 Å². The van der Waals surface area contributed by atoms with Crippen molar-refractivity contribution in [1.29, 1.82) is 0 Å². The number of hydrogen-bond acceptors (Lipinski definition) is 2. The van der Waals surface area contributed by atoms with Crippen molar-refractivity contribution in [2.45, 2.75) is 6.92 Å². The fourth-order valence-electron chi connectivity index (χ4n) is 0.174. The normalized spacial score (nSPS) is 6.75. The highest BCUT2D eigenvalue weighted by molar-refractivity contribution is 5.86. The highest BCUT2D eigenvalue weighted by Gasteiger charge is 1.95. The fraction of sp³-hybridized carbons (Fsp3) is 0.400. The summed E-state index contributed by atoms with van der Waals surface area (Å²) in [5.74, 6) is -0.347. The van der Waals surface area contributed by atoms with E-state index in [-0.39, 0.29) is 29.0 Å². The first kappa shape index (κ1) is 10.9. The van der Waals surface area contributed by atoms with Crippen LogP contribution < -0.4 is 0 Å². The average Bonchev–Trinajstić information content (AvgIpc) is 1.65. The molecule has 0 aromatic carbocycles. The predicted octanol–water partition coefficient (Wildman–Crippen LogP) is -0.181. The molecule has 0 radical (unpaired) electrons. The van der Waals surface area contributed by atoms with Crippen molar-refractivity contribution < 1.29 is 9.53 Å². The Bertz CT molecular complexity index is 98.6. The van der Waals surface area contributed by atoms with Gasteiger partial charge >= 0.3 is 29.0 Å². The molecule has 0 bridgehead atoms. The van der Waals surface area contributed by atoms with E-state index in [9.17, 15) is 4.79 Å². The quantitative estimate of drug-likeness (QED) is 0.277. The SMILES string of the molecule is C=C(C)C(=O)OC.[MgH2]. The first-order valence-electron chi connectivity index (χ1n) is 1.92. The second kappa shape index (κ2) is 5.12. The third-order valence-electron chi connectivity index (χ3n) is 0.534. The van der Waals surface area contributed by atoms with Crippen LogP contribution in [-0.2, 0) is 9.53 Å². The lowest BCUT2D eigenvalue weighted by molar-refractivity contribution is -0.135. The molecule has 0 heterocycles. The van der Waals surface area contributed by atoms with Gasteiger partial charge in [0.25, 0.3) is 0 Å². The van der Waals surface area contributed by atoms with Crippen LogP contribution in [0, 0.1) is 0 Å². The van der Waals surface area contributed by atoms with Gasteiger partial charge in [-0.3, -0.25) is 0 Å². The Kier molecular flexibility index (Phi) is 6.96. The molecular formula is C5H10MgO2. The Hall–Kier alpha value is -0.0238. The van der Waals surface area contributed by atoms with Crippen LogP contribution in [0.4, 0.5) is 0 Å². The van der Waals surface area contributed by atoms with Crippen LogP contribution in [0.1, 0.15) is 6.92 Å². The monoisotopic (exact) mass is 126 g/mol. The lowest BCUT2D eigenvalue weighted by atomic mass is 10.4. The molecule has 0 saturated carbocycles. The van der Waals surface area contributed by atoms with Gasteiger partial charge in [-0.1, -0.05) is 6.58 Å². The molecule has 0 amide bonds. The first-order valence-corrected chi connectivity index (χ1v) is 1.92. The van der Waals surface area contributed by atoms with E-state index in [4.69, 9.17) is 0 Å². The van der Waals surface area contributed by atoms with Crippen molar-refractivity contribution >= 4 is 29.0 Å². The van der Waals surface area contributed by atoms with Gasteiger partial charge in [0.2, 0.25) is 0 Å². The van der Waals surface area contributed by atoms with Crippen LogP contribution in [0.2, 0.25) is 0 Å². The lowest BCUT2D eigenvalue weighted by Gasteiger charge is -1.91. The Morgan fingerprint density at radius 3 is 2.00 bits per heavy atom. The molecule has 2 nitrogen and oxygen atoms in total. The summed E-state index contributed by atoms with van der Waals surface area (Å²) < 4.78 is 4.27. The van der Waals surface area contributed by atoms with Crippen LogP contribution in [0.5, 0.6) is 0 Å². The Balaban J connectivity index is 0. The van der Waals surface area contributed by atoms with Crippen molar-refractivity contribution in [3.05, 3.63) is 12.2 Å². The number of carbonyl (C=O) groups excluding carboxylic acids is 1. The summed E-state index contributed by atoms with van der Waals surface area (Å²) in [7, 11) is 1.33.